The molecule has 24 heavy (non-hydrogen) atoms. The summed E-state index contributed by atoms with van der Waals surface area (Å²) in [4.78, 5) is 9.60. The van der Waals surface area contributed by atoms with Crippen LogP contribution in [0.25, 0.3) is 0 Å². The molecule has 0 saturated carbocycles. The summed E-state index contributed by atoms with van der Waals surface area (Å²) in [5, 5.41) is 52.0. The van der Waals surface area contributed by atoms with Crippen molar-refractivity contribution in [1.29, 1.82) is 0 Å². The third-order valence-electron chi connectivity index (χ3n) is 1.39. The Morgan fingerprint density at radius 3 is 0.917 bits per heavy atom. The Labute approximate surface area is 147 Å². The van der Waals surface area contributed by atoms with E-state index >= 15 is 0 Å². The highest BCUT2D eigenvalue weighted by molar-refractivity contribution is 5.84. The van der Waals surface area contributed by atoms with Gasteiger partial charge in [-0.3, -0.25) is 0 Å². The Bertz CT molecular complexity index is 142. The number of carbonyl (C=O) groups is 1. The summed E-state index contributed by atoms with van der Waals surface area (Å²) in [6.45, 7) is 9.39. The molecule has 0 saturated heterocycles. The van der Waals surface area contributed by atoms with E-state index < -0.39 is 5.97 Å². The summed E-state index contributed by atoms with van der Waals surface area (Å²) in [6.07, 6.45) is 4.08. The summed E-state index contributed by atoms with van der Waals surface area (Å²) >= 11 is 0. The first-order chi connectivity index (χ1) is 11.5. The number of hydrogen-bond donors (Lipinski definition) is 7. The molecule has 0 bridgehead atoms. The van der Waals surface area contributed by atoms with Crippen molar-refractivity contribution in [2.45, 2.75) is 46.5 Å². The van der Waals surface area contributed by atoms with E-state index in [2.05, 4.69) is 20.4 Å². The second-order valence-electron chi connectivity index (χ2n) is 3.24. The van der Waals surface area contributed by atoms with Crippen LogP contribution in [0.3, 0.4) is 0 Å². The molecule has 154 valence electrons. The molecular formula is C16H42O8. The Morgan fingerprint density at radius 1 is 0.750 bits per heavy atom. The maximum atomic E-state index is 9.60. The lowest BCUT2D eigenvalue weighted by Crippen LogP contribution is -1.92. The monoisotopic (exact) mass is 362 g/mol. The van der Waals surface area contributed by atoms with Gasteiger partial charge in [0.15, 0.2) is 0 Å². The van der Waals surface area contributed by atoms with Crippen LogP contribution in [0.15, 0.2) is 12.2 Å². The molecule has 0 atom stereocenters. The zero-order valence-corrected chi connectivity index (χ0v) is 16.5. The van der Waals surface area contributed by atoms with Crippen molar-refractivity contribution in [2.24, 2.45) is 0 Å². The standard InChI is InChI=1S/C4H6O2.2C4H10O.4CH4O/c1-3(2)4(5)6;2*1-2-3-4-5;4*1-2/h1H2,2H3,(H,5,6);2*5H,2-4H2,1H3;4*2H,1H3. The Morgan fingerprint density at radius 2 is 0.917 bits per heavy atom. The second kappa shape index (κ2) is 80.3. The number of aliphatic hydroxyl groups is 6. The minimum atomic E-state index is -0.935. The minimum Gasteiger partial charge on any atom is -0.478 e. The number of rotatable bonds is 5. The Kier molecular flexibility index (Phi) is 145. The predicted molar refractivity (Wildman–Crippen MR) is 99.0 cm³/mol. The van der Waals surface area contributed by atoms with Gasteiger partial charge < -0.3 is 35.7 Å². The quantitative estimate of drug-likeness (QED) is 0.351. The van der Waals surface area contributed by atoms with Gasteiger partial charge in [-0.15, -0.1) is 0 Å². The smallest absolute Gasteiger partial charge is 0.330 e. The molecular weight excluding hydrogens is 320 g/mol. The molecule has 8 heteroatoms. The van der Waals surface area contributed by atoms with E-state index in [1.54, 1.807) is 0 Å². The van der Waals surface area contributed by atoms with Crippen molar-refractivity contribution < 1.29 is 40.5 Å². The van der Waals surface area contributed by atoms with Gasteiger partial charge in [0.1, 0.15) is 0 Å². The van der Waals surface area contributed by atoms with Crippen molar-refractivity contribution in [2.75, 3.05) is 41.7 Å². The Hall–Kier alpha value is -1.03. The lowest BCUT2D eigenvalue weighted by atomic mass is 10.4. The zero-order chi connectivity index (χ0) is 21.4. The maximum absolute atomic E-state index is 9.60. The maximum Gasteiger partial charge on any atom is 0.330 e. The molecule has 0 radical (unpaired) electrons. The van der Waals surface area contributed by atoms with Crippen molar-refractivity contribution in [3.63, 3.8) is 0 Å². The van der Waals surface area contributed by atoms with Crippen molar-refractivity contribution in [1.82, 2.24) is 0 Å². The van der Waals surface area contributed by atoms with Gasteiger partial charge in [0, 0.05) is 47.2 Å². The summed E-state index contributed by atoms with van der Waals surface area (Å²) in [5.74, 6) is -0.935. The van der Waals surface area contributed by atoms with E-state index in [1.807, 2.05) is 0 Å². The fourth-order valence-electron chi connectivity index (χ4n) is 0.316. The topological polar surface area (TPSA) is 159 Å². The van der Waals surface area contributed by atoms with Crippen LogP contribution in [0.1, 0.15) is 46.5 Å². The molecule has 0 aromatic carbocycles. The van der Waals surface area contributed by atoms with Gasteiger partial charge in [-0.1, -0.05) is 33.3 Å². The van der Waals surface area contributed by atoms with Crippen LogP contribution < -0.4 is 0 Å². The highest BCUT2D eigenvalue weighted by Gasteiger charge is 1.90. The lowest BCUT2D eigenvalue weighted by Gasteiger charge is -1.79. The average molecular weight is 363 g/mol. The first-order valence-electron chi connectivity index (χ1n) is 7.37. The third-order valence-corrected chi connectivity index (χ3v) is 1.39. The summed E-state index contributed by atoms with van der Waals surface area (Å²) < 4.78 is 0. The molecule has 0 rings (SSSR count). The van der Waals surface area contributed by atoms with Crippen LogP contribution in [0.4, 0.5) is 0 Å². The molecule has 0 unspecified atom stereocenters. The van der Waals surface area contributed by atoms with Gasteiger partial charge in [-0.05, 0) is 19.8 Å². The summed E-state index contributed by atoms with van der Waals surface area (Å²) in [5.41, 5.74) is 0.176. The van der Waals surface area contributed by atoms with Crippen molar-refractivity contribution in [3.05, 3.63) is 12.2 Å². The van der Waals surface area contributed by atoms with Gasteiger partial charge in [0.25, 0.3) is 0 Å². The summed E-state index contributed by atoms with van der Waals surface area (Å²) in [7, 11) is 4.00. The molecule has 0 amide bonds. The third kappa shape index (κ3) is 172. The van der Waals surface area contributed by atoms with Gasteiger partial charge in [0.05, 0.1) is 0 Å². The SMILES string of the molecule is C=C(C)C(=O)O.CCCCO.CCCCO.CO.CO.CO.CO. The van der Waals surface area contributed by atoms with E-state index in [0.717, 1.165) is 54.1 Å². The van der Waals surface area contributed by atoms with E-state index in [4.69, 9.17) is 35.7 Å². The first kappa shape index (κ1) is 43.5. The van der Waals surface area contributed by atoms with Crippen LogP contribution >= 0.6 is 0 Å². The van der Waals surface area contributed by atoms with E-state index in [0.29, 0.717) is 13.2 Å². The number of hydrogen-bond acceptors (Lipinski definition) is 7. The highest BCUT2D eigenvalue weighted by Crippen LogP contribution is 1.81. The minimum absolute atomic E-state index is 0.176. The van der Waals surface area contributed by atoms with E-state index in [1.165, 1.54) is 6.92 Å². The molecule has 0 aromatic heterocycles. The van der Waals surface area contributed by atoms with Crippen molar-refractivity contribution in [3.8, 4) is 0 Å². The number of carboxylic acids is 1. The van der Waals surface area contributed by atoms with Crippen LogP contribution in [0.2, 0.25) is 0 Å². The molecule has 7 N–H and O–H groups in total. The van der Waals surface area contributed by atoms with Gasteiger partial charge in [-0.2, -0.15) is 0 Å². The number of aliphatic hydroxyl groups excluding tert-OH is 6. The number of carboxylic acid groups (broad SMARTS) is 1. The fourth-order valence-corrected chi connectivity index (χ4v) is 0.316. The molecule has 0 aliphatic carbocycles. The van der Waals surface area contributed by atoms with Crippen LogP contribution in [0, 0.1) is 0 Å². The van der Waals surface area contributed by atoms with Crippen molar-refractivity contribution >= 4 is 5.97 Å². The van der Waals surface area contributed by atoms with E-state index in [-0.39, 0.29) is 5.57 Å². The second-order valence-corrected chi connectivity index (χ2v) is 3.24. The Balaban J connectivity index is -0.0000000299. The van der Waals surface area contributed by atoms with Crippen LogP contribution in [0.5, 0.6) is 0 Å². The molecule has 0 aliphatic rings. The largest absolute Gasteiger partial charge is 0.478 e. The molecule has 0 heterocycles. The zero-order valence-electron chi connectivity index (χ0n) is 16.5. The normalized spacial score (nSPS) is 6.38. The van der Waals surface area contributed by atoms with E-state index in [9.17, 15) is 4.79 Å². The van der Waals surface area contributed by atoms with Gasteiger partial charge in [0.2, 0.25) is 0 Å². The average Bonchev–Trinajstić information content (AvgIpc) is 2.64. The van der Waals surface area contributed by atoms with Crippen LogP contribution in [-0.2, 0) is 4.79 Å². The number of aliphatic carboxylic acids is 1. The molecule has 0 fully saturated rings. The molecule has 0 aliphatic heterocycles. The number of unbranched alkanes of at least 4 members (excludes halogenated alkanes) is 2. The highest BCUT2D eigenvalue weighted by atomic mass is 16.4. The lowest BCUT2D eigenvalue weighted by molar-refractivity contribution is -0.132. The van der Waals surface area contributed by atoms with Gasteiger partial charge >= 0.3 is 5.97 Å². The predicted octanol–water partition coefficient (Wildman–Crippen LogP) is 0.639. The molecule has 0 aromatic rings. The first-order valence-corrected chi connectivity index (χ1v) is 7.37. The molecule has 0 spiro atoms. The van der Waals surface area contributed by atoms with Gasteiger partial charge in [-0.25, -0.2) is 4.79 Å². The fraction of sp³-hybridized carbons (Fsp3) is 0.812. The summed E-state index contributed by atoms with van der Waals surface area (Å²) in [6, 6.07) is 0. The molecule has 8 nitrogen and oxygen atoms in total. The van der Waals surface area contributed by atoms with Crippen LogP contribution in [-0.4, -0.2) is 83.4 Å².